The van der Waals surface area contributed by atoms with E-state index in [1.54, 1.807) is 14.2 Å². The Balaban J connectivity index is 3.05. The summed E-state index contributed by atoms with van der Waals surface area (Å²) in [6, 6.07) is 5.81. The van der Waals surface area contributed by atoms with Gasteiger partial charge in [0.2, 0.25) is 0 Å². The topological polar surface area (TPSA) is 18.5 Å². The van der Waals surface area contributed by atoms with Crippen molar-refractivity contribution in [2.45, 2.75) is 0 Å². The van der Waals surface area contributed by atoms with Gasteiger partial charge in [-0.15, -0.1) is 0 Å². The molecule has 0 spiro atoms. The van der Waals surface area contributed by atoms with Gasteiger partial charge >= 0.3 is 0 Å². The van der Waals surface area contributed by atoms with E-state index in [0.29, 0.717) is 0 Å². The smallest absolute Gasteiger partial charge is 0.161 e. The first-order chi connectivity index (χ1) is 6.31. The van der Waals surface area contributed by atoms with Gasteiger partial charge in [0.05, 0.1) is 14.2 Å². The minimum atomic E-state index is 0.758. The molecule has 0 saturated heterocycles. The SMILES string of the molecule is COc1ccc(C=CI)cc1OC. The zero-order chi connectivity index (χ0) is 9.68. The fourth-order valence-corrected chi connectivity index (χ4v) is 1.44. The van der Waals surface area contributed by atoms with Crippen molar-refractivity contribution in [3.05, 3.63) is 27.8 Å². The number of methoxy groups -OCH3 is 2. The molecule has 13 heavy (non-hydrogen) atoms. The Morgan fingerprint density at radius 1 is 1.15 bits per heavy atom. The third kappa shape index (κ3) is 2.62. The Kier molecular flexibility index (Phi) is 4.08. The van der Waals surface area contributed by atoms with Crippen molar-refractivity contribution in [2.24, 2.45) is 0 Å². The summed E-state index contributed by atoms with van der Waals surface area (Å²) in [5.41, 5.74) is 1.10. The van der Waals surface area contributed by atoms with Crippen molar-refractivity contribution in [3.63, 3.8) is 0 Å². The zero-order valence-corrected chi connectivity index (χ0v) is 9.74. The van der Waals surface area contributed by atoms with Crippen LogP contribution < -0.4 is 9.47 Å². The minimum Gasteiger partial charge on any atom is -0.493 e. The van der Waals surface area contributed by atoms with E-state index in [1.807, 2.05) is 28.4 Å². The molecular weight excluding hydrogens is 279 g/mol. The third-order valence-electron chi connectivity index (χ3n) is 1.66. The van der Waals surface area contributed by atoms with E-state index in [0.717, 1.165) is 17.1 Å². The maximum Gasteiger partial charge on any atom is 0.161 e. The van der Waals surface area contributed by atoms with Crippen LogP contribution in [0.1, 0.15) is 5.56 Å². The van der Waals surface area contributed by atoms with Crippen molar-refractivity contribution in [1.29, 1.82) is 0 Å². The molecule has 0 aliphatic heterocycles. The highest BCUT2D eigenvalue weighted by atomic mass is 127. The second kappa shape index (κ2) is 5.11. The molecule has 2 nitrogen and oxygen atoms in total. The van der Waals surface area contributed by atoms with Gasteiger partial charge in [-0.25, -0.2) is 0 Å². The van der Waals surface area contributed by atoms with Gasteiger partial charge in [0.15, 0.2) is 11.5 Å². The lowest BCUT2D eigenvalue weighted by Crippen LogP contribution is -1.90. The van der Waals surface area contributed by atoms with E-state index >= 15 is 0 Å². The molecule has 0 aromatic heterocycles. The summed E-state index contributed by atoms with van der Waals surface area (Å²) >= 11 is 2.18. The third-order valence-corrected chi connectivity index (χ3v) is 2.02. The molecule has 0 unspecified atom stereocenters. The summed E-state index contributed by atoms with van der Waals surface area (Å²) in [7, 11) is 3.26. The van der Waals surface area contributed by atoms with Crippen LogP contribution in [0, 0.1) is 0 Å². The molecule has 0 amide bonds. The number of hydrogen-bond donors (Lipinski definition) is 0. The molecule has 0 aliphatic carbocycles. The highest BCUT2D eigenvalue weighted by Gasteiger charge is 2.01. The van der Waals surface area contributed by atoms with Crippen molar-refractivity contribution >= 4 is 28.7 Å². The van der Waals surface area contributed by atoms with Crippen molar-refractivity contribution in [2.75, 3.05) is 14.2 Å². The molecule has 1 rings (SSSR count). The van der Waals surface area contributed by atoms with E-state index < -0.39 is 0 Å². The number of rotatable bonds is 3. The number of ether oxygens (including phenoxy) is 2. The fraction of sp³-hybridized carbons (Fsp3) is 0.200. The molecule has 0 saturated carbocycles. The highest BCUT2D eigenvalue weighted by molar-refractivity contribution is 14.1. The Morgan fingerprint density at radius 2 is 1.85 bits per heavy atom. The van der Waals surface area contributed by atoms with Gasteiger partial charge in [-0.3, -0.25) is 0 Å². The molecule has 3 heteroatoms. The molecule has 0 aliphatic rings. The summed E-state index contributed by atoms with van der Waals surface area (Å²) in [5.74, 6) is 1.52. The van der Waals surface area contributed by atoms with Crippen LogP contribution in [0.3, 0.4) is 0 Å². The van der Waals surface area contributed by atoms with Crippen LogP contribution in [-0.4, -0.2) is 14.2 Å². The molecule has 0 atom stereocenters. The monoisotopic (exact) mass is 290 g/mol. The molecule has 0 radical (unpaired) electrons. The average Bonchev–Trinajstić information content (AvgIpc) is 2.18. The molecule has 70 valence electrons. The van der Waals surface area contributed by atoms with E-state index in [2.05, 4.69) is 22.6 Å². The molecule has 0 fully saturated rings. The summed E-state index contributed by atoms with van der Waals surface area (Å²) < 4.78 is 12.2. The number of benzene rings is 1. The normalized spacial score (nSPS) is 10.4. The molecule has 1 aromatic rings. The second-order valence-corrected chi connectivity index (χ2v) is 3.13. The Morgan fingerprint density at radius 3 is 2.38 bits per heavy atom. The Labute approximate surface area is 91.7 Å². The van der Waals surface area contributed by atoms with Crippen LogP contribution >= 0.6 is 22.6 Å². The first-order valence-electron chi connectivity index (χ1n) is 3.80. The molecular formula is C10H11IO2. The number of hydrogen-bond acceptors (Lipinski definition) is 2. The fourth-order valence-electron chi connectivity index (χ4n) is 1.03. The van der Waals surface area contributed by atoms with E-state index in [9.17, 15) is 0 Å². The summed E-state index contributed by atoms with van der Waals surface area (Å²) in [6.07, 6.45) is 2.00. The summed E-state index contributed by atoms with van der Waals surface area (Å²) in [6.45, 7) is 0. The average molecular weight is 290 g/mol. The van der Waals surface area contributed by atoms with Crippen molar-refractivity contribution in [3.8, 4) is 11.5 Å². The lowest BCUT2D eigenvalue weighted by atomic mass is 10.2. The molecule has 0 N–H and O–H groups in total. The lowest BCUT2D eigenvalue weighted by molar-refractivity contribution is 0.355. The highest BCUT2D eigenvalue weighted by Crippen LogP contribution is 2.27. The van der Waals surface area contributed by atoms with Crippen LogP contribution in [-0.2, 0) is 0 Å². The standard InChI is InChI=1S/C10H11IO2/c1-12-9-4-3-8(5-6-11)7-10(9)13-2/h3-7H,1-2H3. The zero-order valence-electron chi connectivity index (χ0n) is 7.58. The predicted molar refractivity (Wildman–Crippen MR) is 62.6 cm³/mol. The largest absolute Gasteiger partial charge is 0.493 e. The van der Waals surface area contributed by atoms with Crippen LogP contribution in [0.5, 0.6) is 11.5 Å². The van der Waals surface area contributed by atoms with Gasteiger partial charge in [-0.05, 0) is 27.9 Å². The van der Waals surface area contributed by atoms with Crippen LogP contribution in [0.25, 0.3) is 6.08 Å². The van der Waals surface area contributed by atoms with Gasteiger partial charge in [0.25, 0.3) is 0 Å². The minimum absolute atomic E-state index is 0.758. The van der Waals surface area contributed by atoms with E-state index in [4.69, 9.17) is 9.47 Å². The van der Waals surface area contributed by atoms with E-state index in [-0.39, 0.29) is 0 Å². The summed E-state index contributed by atoms with van der Waals surface area (Å²) in [5, 5.41) is 0. The van der Waals surface area contributed by atoms with Crippen molar-refractivity contribution < 1.29 is 9.47 Å². The Bertz CT molecular complexity index is 308. The molecule has 0 heterocycles. The second-order valence-electron chi connectivity index (χ2n) is 2.41. The van der Waals surface area contributed by atoms with Gasteiger partial charge in [0, 0.05) is 0 Å². The van der Waals surface area contributed by atoms with Gasteiger partial charge < -0.3 is 9.47 Å². The maximum absolute atomic E-state index is 5.16. The maximum atomic E-state index is 5.16. The van der Waals surface area contributed by atoms with Crippen LogP contribution in [0.4, 0.5) is 0 Å². The quantitative estimate of drug-likeness (QED) is 0.796. The first-order valence-corrected chi connectivity index (χ1v) is 5.05. The van der Waals surface area contributed by atoms with E-state index in [1.165, 1.54) is 0 Å². The number of halogens is 1. The lowest BCUT2D eigenvalue weighted by Gasteiger charge is -2.07. The first kappa shape index (κ1) is 10.4. The van der Waals surface area contributed by atoms with Crippen LogP contribution in [0.15, 0.2) is 22.3 Å². The molecule has 1 aromatic carbocycles. The van der Waals surface area contributed by atoms with Crippen molar-refractivity contribution in [1.82, 2.24) is 0 Å². The van der Waals surface area contributed by atoms with Gasteiger partial charge in [-0.1, -0.05) is 28.7 Å². The van der Waals surface area contributed by atoms with Gasteiger partial charge in [-0.2, -0.15) is 0 Å². The van der Waals surface area contributed by atoms with Gasteiger partial charge in [0.1, 0.15) is 0 Å². The van der Waals surface area contributed by atoms with Crippen LogP contribution in [0.2, 0.25) is 0 Å². The molecule has 0 bridgehead atoms. The Hall–Kier alpha value is -0.710. The summed E-state index contributed by atoms with van der Waals surface area (Å²) in [4.78, 5) is 0. The predicted octanol–water partition coefficient (Wildman–Crippen LogP) is 3.11.